The summed E-state index contributed by atoms with van der Waals surface area (Å²) >= 11 is 0. The molecule has 1 aliphatic heterocycles. The van der Waals surface area contributed by atoms with Crippen LogP contribution in [0.25, 0.3) is 0 Å². The quantitative estimate of drug-likeness (QED) is 0.866. The minimum atomic E-state index is -0.0379. The summed E-state index contributed by atoms with van der Waals surface area (Å²) in [5.74, 6) is 0.433. The summed E-state index contributed by atoms with van der Waals surface area (Å²) in [7, 11) is 0. The van der Waals surface area contributed by atoms with Crippen molar-refractivity contribution in [1.82, 2.24) is 10.2 Å². The highest BCUT2D eigenvalue weighted by atomic mass is 16.5. The van der Waals surface area contributed by atoms with Crippen molar-refractivity contribution in [2.45, 2.75) is 32.4 Å². The molecule has 2 aromatic carbocycles. The Morgan fingerprint density at radius 3 is 2.58 bits per heavy atom. The summed E-state index contributed by atoms with van der Waals surface area (Å²) < 4.78 is 5.83. The highest BCUT2D eigenvalue weighted by Gasteiger charge is 2.21. The maximum atomic E-state index is 12.4. The second-order valence-electron chi connectivity index (χ2n) is 7.20. The minimum Gasteiger partial charge on any atom is -0.374 e. The number of ether oxygens (including phenoxy) is 1. The third-order valence-corrected chi connectivity index (χ3v) is 4.80. The van der Waals surface area contributed by atoms with E-state index >= 15 is 0 Å². The van der Waals surface area contributed by atoms with Gasteiger partial charge in [0.25, 0.3) is 5.91 Å². The van der Waals surface area contributed by atoms with Crippen molar-refractivity contribution < 1.29 is 9.53 Å². The van der Waals surface area contributed by atoms with Crippen molar-refractivity contribution in [1.29, 1.82) is 0 Å². The molecule has 1 heterocycles. The van der Waals surface area contributed by atoms with Gasteiger partial charge in [0.15, 0.2) is 0 Å². The van der Waals surface area contributed by atoms with Crippen LogP contribution in [0.15, 0.2) is 54.6 Å². The average Bonchev–Trinajstić information content (AvgIpc) is 2.67. The van der Waals surface area contributed by atoms with E-state index in [0.717, 1.165) is 19.6 Å². The molecule has 26 heavy (non-hydrogen) atoms. The highest BCUT2D eigenvalue weighted by molar-refractivity contribution is 5.94. The average molecular weight is 352 g/mol. The van der Waals surface area contributed by atoms with Crippen molar-refractivity contribution in [3.05, 3.63) is 71.3 Å². The molecule has 138 valence electrons. The summed E-state index contributed by atoms with van der Waals surface area (Å²) in [6.07, 6.45) is 0.0337. The van der Waals surface area contributed by atoms with Crippen molar-refractivity contribution >= 4 is 5.91 Å². The summed E-state index contributed by atoms with van der Waals surface area (Å²) in [6.45, 7) is 8.22. The molecule has 0 aliphatic carbocycles. The Balaban J connectivity index is 1.48. The first-order valence-corrected chi connectivity index (χ1v) is 9.38. The van der Waals surface area contributed by atoms with Gasteiger partial charge in [-0.3, -0.25) is 9.69 Å². The molecule has 1 saturated heterocycles. The fraction of sp³-hybridized carbons (Fsp3) is 0.409. The van der Waals surface area contributed by atoms with Crippen LogP contribution in [-0.2, 0) is 11.3 Å². The zero-order valence-corrected chi connectivity index (χ0v) is 15.7. The van der Waals surface area contributed by atoms with E-state index in [-0.39, 0.29) is 12.0 Å². The molecule has 1 N–H and O–H groups in total. The number of hydrogen-bond acceptors (Lipinski definition) is 3. The Bertz CT molecular complexity index is 698. The van der Waals surface area contributed by atoms with E-state index in [1.807, 2.05) is 30.3 Å². The zero-order chi connectivity index (χ0) is 18.4. The number of hydrogen-bond donors (Lipinski definition) is 1. The van der Waals surface area contributed by atoms with E-state index < -0.39 is 0 Å². The van der Waals surface area contributed by atoms with Gasteiger partial charge in [-0.2, -0.15) is 0 Å². The number of carbonyl (C=O) groups is 1. The van der Waals surface area contributed by atoms with E-state index in [0.29, 0.717) is 24.6 Å². The number of nitrogens with zero attached hydrogens (tertiary/aromatic N) is 1. The zero-order valence-electron chi connectivity index (χ0n) is 15.7. The largest absolute Gasteiger partial charge is 0.374 e. The normalized spacial score (nSPS) is 18.0. The second kappa shape index (κ2) is 8.97. The number of morpholine rings is 1. The number of benzene rings is 2. The van der Waals surface area contributed by atoms with Crippen molar-refractivity contribution in [3.8, 4) is 0 Å². The molecule has 0 spiro atoms. The first-order valence-electron chi connectivity index (χ1n) is 9.38. The van der Waals surface area contributed by atoms with Crippen LogP contribution in [-0.4, -0.2) is 43.2 Å². The van der Waals surface area contributed by atoms with Crippen LogP contribution in [0.1, 0.15) is 41.3 Å². The predicted molar refractivity (Wildman–Crippen MR) is 104 cm³/mol. The smallest absolute Gasteiger partial charge is 0.251 e. The maximum Gasteiger partial charge on any atom is 0.251 e. The molecular formula is C22H28N2O2. The lowest BCUT2D eigenvalue weighted by Crippen LogP contribution is -2.47. The summed E-state index contributed by atoms with van der Waals surface area (Å²) in [5.41, 5.74) is 3.25. The molecular weight excluding hydrogens is 324 g/mol. The third kappa shape index (κ3) is 5.16. The van der Waals surface area contributed by atoms with Gasteiger partial charge in [0, 0.05) is 31.7 Å². The molecule has 0 radical (unpaired) electrons. The monoisotopic (exact) mass is 352 g/mol. The molecule has 4 heteroatoms. The molecule has 4 nitrogen and oxygen atoms in total. The molecule has 1 amide bonds. The van der Waals surface area contributed by atoms with Crippen LogP contribution < -0.4 is 5.32 Å². The summed E-state index contributed by atoms with van der Waals surface area (Å²) in [5, 5.41) is 3.01. The van der Waals surface area contributed by atoms with E-state index in [9.17, 15) is 4.79 Å². The van der Waals surface area contributed by atoms with Crippen LogP contribution in [0, 0.1) is 0 Å². The van der Waals surface area contributed by atoms with Gasteiger partial charge in [0.05, 0.1) is 12.7 Å². The Hall–Kier alpha value is -2.17. The Morgan fingerprint density at radius 2 is 1.88 bits per heavy atom. The van der Waals surface area contributed by atoms with Crippen molar-refractivity contribution in [3.63, 3.8) is 0 Å². The first-order chi connectivity index (χ1) is 12.6. The standard InChI is InChI=1S/C22H28N2O2/c1-17(2)19-8-10-20(11-9-19)22(25)23-14-21-16-24(12-13-26-21)15-18-6-4-3-5-7-18/h3-11,17,21H,12-16H2,1-2H3,(H,23,25). The number of nitrogens with one attached hydrogen (secondary N) is 1. The Kier molecular flexibility index (Phi) is 6.42. The van der Waals surface area contributed by atoms with E-state index in [1.54, 1.807) is 0 Å². The molecule has 1 fully saturated rings. The van der Waals surface area contributed by atoms with Crippen LogP contribution in [0.5, 0.6) is 0 Å². The molecule has 2 aromatic rings. The lowest BCUT2D eigenvalue weighted by atomic mass is 10.0. The molecule has 1 aliphatic rings. The van der Waals surface area contributed by atoms with Gasteiger partial charge in [-0.1, -0.05) is 56.3 Å². The van der Waals surface area contributed by atoms with E-state index in [2.05, 4.69) is 48.3 Å². The third-order valence-electron chi connectivity index (χ3n) is 4.80. The lowest BCUT2D eigenvalue weighted by molar-refractivity contribution is -0.0292. The highest BCUT2D eigenvalue weighted by Crippen LogP contribution is 2.15. The fourth-order valence-electron chi connectivity index (χ4n) is 3.22. The van der Waals surface area contributed by atoms with Crippen LogP contribution in [0.3, 0.4) is 0 Å². The molecule has 0 aromatic heterocycles. The van der Waals surface area contributed by atoms with Crippen molar-refractivity contribution in [2.24, 2.45) is 0 Å². The van der Waals surface area contributed by atoms with Gasteiger partial charge in [-0.15, -0.1) is 0 Å². The number of rotatable bonds is 6. The van der Waals surface area contributed by atoms with Gasteiger partial charge in [-0.25, -0.2) is 0 Å². The topological polar surface area (TPSA) is 41.6 Å². The van der Waals surface area contributed by atoms with Crippen LogP contribution >= 0.6 is 0 Å². The Labute approximate surface area is 156 Å². The van der Waals surface area contributed by atoms with Crippen LogP contribution in [0.4, 0.5) is 0 Å². The SMILES string of the molecule is CC(C)c1ccc(C(=O)NCC2CN(Cc3ccccc3)CCO2)cc1. The summed E-state index contributed by atoms with van der Waals surface area (Å²) in [6, 6.07) is 18.3. The van der Waals surface area contributed by atoms with Crippen molar-refractivity contribution in [2.75, 3.05) is 26.2 Å². The van der Waals surface area contributed by atoms with Gasteiger partial charge in [-0.05, 0) is 29.2 Å². The molecule has 1 unspecified atom stereocenters. The second-order valence-corrected chi connectivity index (χ2v) is 7.20. The van der Waals surface area contributed by atoms with Gasteiger partial charge < -0.3 is 10.1 Å². The van der Waals surface area contributed by atoms with Gasteiger partial charge in [0.1, 0.15) is 0 Å². The minimum absolute atomic E-state index is 0.0337. The fourth-order valence-corrected chi connectivity index (χ4v) is 3.22. The van der Waals surface area contributed by atoms with Gasteiger partial charge in [0.2, 0.25) is 0 Å². The molecule has 0 bridgehead atoms. The van der Waals surface area contributed by atoms with Crippen LogP contribution in [0.2, 0.25) is 0 Å². The first kappa shape index (κ1) is 18.6. The van der Waals surface area contributed by atoms with Gasteiger partial charge >= 0.3 is 0 Å². The lowest BCUT2D eigenvalue weighted by Gasteiger charge is -2.33. The number of amides is 1. The molecule has 3 rings (SSSR count). The Morgan fingerprint density at radius 1 is 1.15 bits per heavy atom. The number of carbonyl (C=O) groups excluding carboxylic acids is 1. The summed E-state index contributed by atoms with van der Waals surface area (Å²) in [4.78, 5) is 14.7. The van der Waals surface area contributed by atoms with E-state index in [4.69, 9.17) is 4.74 Å². The molecule has 1 atom stereocenters. The molecule has 0 saturated carbocycles. The van der Waals surface area contributed by atoms with E-state index in [1.165, 1.54) is 11.1 Å². The predicted octanol–water partition coefficient (Wildman–Crippen LogP) is 3.44. The maximum absolute atomic E-state index is 12.4.